The summed E-state index contributed by atoms with van der Waals surface area (Å²) in [6.07, 6.45) is 0. The second-order valence-electron chi connectivity index (χ2n) is 4.90. The molecule has 1 fully saturated rings. The van der Waals surface area contributed by atoms with Crippen LogP contribution >= 0.6 is 0 Å². The molecule has 0 bridgehead atoms. The van der Waals surface area contributed by atoms with Crippen molar-refractivity contribution in [2.24, 2.45) is 5.41 Å². The predicted molar refractivity (Wildman–Crippen MR) is 58.7 cm³/mol. The maximum atomic E-state index is 11.4. The van der Waals surface area contributed by atoms with Crippen molar-refractivity contribution in [3.8, 4) is 0 Å². The Hall–Kier alpha value is -0.610. The van der Waals surface area contributed by atoms with E-state index in [0.717, 1.165) is 32.7 Å². The minimum absolute atomic E-state index is 0.121. The van der Waals surface area contributed by atoms with Crippen molar-refractivity contribution in [1.29, 1.82) is 0 Å². The monoisotopic (exact) mass is 213 g/mol. The van der Waals surface area contributed by atoms with Crippen LogP contribution < -0.4 is 5.32 Å². The number of piperazine rings is 1. The van der Waals surface area contributed by atoms with Crippen LogP contribution in [0, 0.1) is 5.41 Å². The number of carbonyl (C=O) groups excluding carboxylic acids is 1. The lowest BCUT2D eigenvalue weighted by molar-refractivity contribution is -0.153. The molecule has 0 aromatic heterocycles. The first-order valence-electron chi connectivity index (χ1n) is 5.53. The summed E-state index contributed by atoms with van der Waals surface area (Å²) < 4.78 is 5.20. The van der Waals surface area contributed by atoms with Gasteiger partial charge in [0.2, 0.25) is 0 Å². The third-order valence-electron chi connectivity index (χ3n) is 2.40. The Morgan fingerprint density at radius 3 is 2.47 bits per heavy atom. The Kier molecular flexibility index (Phi) is 4.54. The number of rotatable bonds is 3. The summed E-state index contributed by atoms with van der Waals surface area (Å²) in [5.41, 5.74) is -0.392. The van der Waals surface area contributed by atoms with E-state index in [2.05, 4.69) is 10.2 Å². The van der Waals surface area contributed by atoms with Gasteiger partial charge in [-0.05, 0) is 20.8 Å². The van der Waals surface area contributed by atoms with Gasteiger partial charge in [-0.1, -0.05) is 0 Å². The van der Waals surface area contributed by atoms with Crippen molar-refractivity contribution in [2.45, 2.75) is 20.8 Å². The van der Waals surface area contributed by atoms with Gasteiger partial charge in [-0.2, -0.15) is 0 Å². The molecule has 1 aliphatic rings. The van der Waals surface area contributed by atoms with Gasteiger partial charge in [-0.25, -0.2) is 5.32 Å². The van der Waals surface area contributed by atoms with Gasteiger partial charge in [0, 0.05) is 32.7 Å². The average molecular weight is 213 g/mol. The number of nitrogens with zero attached hydrogens (tertiary/aromatic N) is 2. The summed E-state index contributed by atoms with van der Waals surface area (Å²) in [6, 6.07) is 0. The molecule has 1 rings (SSSR count). The zero-order valence-electron chi connectivity index (χ0n) is 9.95. The van der Waals surface area contributed by atoms with Crippen molar-refractivity contribution in [1.82, 2.24) is 10.2 Å². The molecule has 0 aromatic carbocycles. The Bertz CT molecular complexity index is 205. The third kappa shape index (κ3) is 4.62. The van der Waals surface area contributed by atoms with E-state index in [1.165, 1.54) is 0 Å². The van der Waals surface area contributed by atoms with E-state index in [9.17, 15) is 4.79 Å². The third-order valence-corrected chi connectivity index (χ3v) is 2.40. The van der Waals surface area contributed by atoms with Crippen LogP contribution in [-0.4, -0.2) is 50.2 Å². The highest BCUT2D eigenvalue weighted by Crippen LogP contribution is 2.14. The van der Waals surface area contributed by atoms with Gasteiger partial charge in [0.05, 0.1) is 5.41 Å². The fourth-order valence-corrected chi connectivity index (χ4v) is 1.36. The Balaban J connectivity index is 2.12. The molecule has 4 heteroatoms. The zero-order chi connectivity index (χ0) is 11.3. The fraction of sp³-hybridized carbons (Fsp3) is 0.909. The van der Waals surface area contributed by atoms with Crippen LogP contribution in [0.3, 0.4) is 0 Å². The van der Waals surface area contributed by atoms with Crippen LogP contribution in [0.2, 0.25) is 0 Å². The van der Waals surface area contributed by atoms with Crippen LogP contribution in [0.1, 0.15) is 20.8 Å². The molecular formula is C11H21N2O2. The van der Waals surface area contributed by atoms with E-state index in [1.54, 1.807) is 0 Å². The number of esters is 1. The normalized spacial score (nSPS) is 18.9. The largest absolute Gasteiger partial charge is 0.464 e. The molecule has 15 heavy (non-hydrogen) atoms. The molecule has 1 aliphatic heterocycles. The van der Waals surface area contributed by atoms with Crippen LogP contribution in [0.15, 0.2) is 0 Å². The lowest BCUT2D eigenvalue weighted by Crippen LogP contribution is -2.42. The van der Waals surface area contributed by atoms with Crippen molar-refractivity contribution in [3.63, 3.8) is 0 Å². The lowest BCUT2D eigenvalue weighted by atomic mass is 9.97. The van der Waals surface area contributed by atoms with Crippen molar-refractivity contribution in [3.05, 3.63) is 0 Å². The SMILES string of the molecule is CC(C)(C)C(=O)OCCN1CC[N]CC1. The molecule has 0 N–H and O–H groups in total. The molecule has 1 radical (unpaired) electrons. The van der Waals surface area contributed by atoms with Gasteiger partial charge in [0.1, 0.15) is 6.61 Å². The van der Waals surface area contributed by atoms with E-state index in [-0.39, 0.29) is 5.97 Å². The summed E-state index contributed by atoms with van der Waals surface area (Å²) >= 11 is 0. The molecule has 1 saturated heterocycles. The van der Waals surface area contributed by atoms with Gasteiger partial charge in [-0.3, -0.25) is 9.69 Å². The maximum absolute atomic E-state index is 11.4. The molecule has 0 atom stereocenters. The van der Waals surface area contributed by atoms with E-state index in [0.29, 0.717) is 6.61 Å². The summed E-state index contributed by atoms with van der Waals surface area (Å²) in [4.78, 5) is 13.7. The Morgan fingerprint density at radius 1 is 1.33 bits per heavy atom. The van der Waals surface area contributed by atoms with Crippen molar-refractivity contribution in [2.75, 3.05) is 39.3 Å². The van der Waals surface area contributed by atoms with Gasteiger partial charge in [0.25, 0.3) is 0 Å². The standard InChI is InChI=1S/C11H21N2O2/c1-11(2,3)10(14)15-9-8-13-6-4-12-5-7-13/h4-9H2,1-3H3. The fourth-order valence-electron chi connectivity index (χ4n) is 1.36. The number of hydrogen-bond acceptors (Lipinski definition) is 3. The molecule has 0 aromatic rings. The quantitative estimate of drug-likeness (QED) is 0.641. The zero-order valence-corrected chi connectivity index (χ0v) is 9.95. The number of ether oxygens (including phenoxy) is 1. The maximum Gasteiger partial charge on any atom is 0.311 e. The Morgan fingerprint density at radius 2 is 1.93 bits per heavy atom. The molecule has 0 amide bonds. The number of hydrogen-bond donors (Lipinski definition) is 0. The van der Waals surface area contributed by atoms with Crippen molar-refractivity contribution < 1.29 is 9.53 Å². The molecule has 1 heterocycles. The van der Waals surface area contributed by atoms with Crippen molar-refractivity contribution >= 4 is 5.97 Å². The van der Waals surface area contributed by atoms with Gasteiger partial charge in [0.15, 0.2) is 0 Å². The van der Waals surface area contributed by atoms with E-state index in [4.69, 9.17) is 4.74 Å². The first-order chi connectivity index (χ1) is 7.00. The molecule has 0 aliphatic carbocycles. The van der Waals surface area contributed by atoms with Gasteiger partial charge in [-0.15, -0.1) is 0 Å². The Labute approximate surface area is 92.0 Å². The van der Waals surface area contributed by atoms with E-state index in [1.807, 2.05) is 20.8 Å². The minimum atomic E-state index is -0.392. The molecule has 0 unspecified atom stereocenters. The summed E-state index contributed by atoms with van der Waals surface area (Å²) in [7, 11) is 0. The summed E-state index contributed by atoms with van der Waals surface area (Å²) in [6.45, 7) is 10.7. The molecular weight excluding hydrogens is 192 g/mol. The minimum Gasteiger partial charge on any atom is -0.464 e. The highest BCUT2D eigenvalue weighted by Gasteiger charge is 2.23. The molecule has 0 saturated carbocycles. The van der Waals surface area contributed by atoms with E-state index < -0.39 is 5.41 Å². The lowest BCUT2D eigenvalue weighted by Gasteiger charge is -2.26. The van der Waals surface area contributed by atoms with Gasteiger partial charge < -0.3 is 4.74 Å². The molecule has 87 valence electrons. The second-order valence-corrected chi connectivity index (χ2v) is 4.90. The van der Waals surface area contributed by atoms with Crippen LogP contribution in [0.5, 0.6) is 0 Å². The smallest absolute Gasteiger partial charge is 0.311 e. The molecule has 0 spiro atoms. The summed E-state index contributed by atoms with van der Waals surface area (Å²) in [5, 5.41) is 4.26. The first kappa shape index (κ1) is 12.5. The average Bonchev–Trinajstić information content (AvgIpc) is 2.18. The summed E-state index contributed by atoms with van der Waals surface area (Å²) in [5.74, 6) is -0.121. The highest BCUT2D eigenvalue weighted by molar-refractivity contribution is 5.75. The topological polar surface area (TPSA) is 43.6 Å². The van der Waals surface area contributed by atoms with Crippen LogP contribution in [0.25, 0.3) is 0 Å². The predicted octanol–water partition coefficient (Wildman–Crippen LogP) is 0.496. The van der Waals surface area contributed by atoms with Crippen LogP contribution in [0.4, 0.5) is 0 Å². The second kappa shape index (κ2) is 5.47. The highest BCUT2D eigenvalue weighted by atomic mass is 16.5. The van der Waals surface area contributed by atoms with Crippen LogP contribution in [-0.2, 0) is 9.53 Å². The first-order valence-corrected chi connectivity index (χ1v) is 5.53. The number of carbonyl (C=O) groups is 1. The molecule has 4 nitrogen and oxygen atoms in total. The van der Waals surface area contributed by atoms with Gasteiger partial charge >= 0.3 is 5.97 Å². The van der Waals surface area contributed by atoms with E-state index >= 15 is 0 Å².